The number of halogens is 1. The number of nitrogens with zero attached hydrogens (tertiary/aromatic N) is 1. The topological polar surface area (TPSA) is 87.7 Å². The number of amides is 3. The summed E-state index contributed by atoms with van der Waals surface area (Å²) in [5.74, 6) is 0.515. The van der Waals surface area contributed by atoms with Crippen LogP contribution in [0.2, 0.25) is 0 Å². The lowest BCUT2D eigenvalue weighted by Crippen LogP contribution is -2.24. The Morgan fingerprint density at radius 3 is 2.40 bits per heavy atom. The predicted octanol–water partition coefficient (Wildman–Crippen LogP) is 3.89. The molecule has 1 aliphatic heterocycles. The van der Waals surface area contributed by atoms with Gasteiger partial charge < -0.3 is 20.3 Å². The van der Waals surface area contributed by atoms with Gasteiger partial charge in [-0.1, -0.05) is 22.0 Å². The Bertz CT molecular complexity index is 954. The molecule has 1 aliphatic rings. The standard InChI is InChI=1S/C21H22BrN3O4S/c1-29-18-11-16(7-8-17(18)25-9-3-6-21(25)28)24-20(27)13-30-12-19(26)23-15-5-2-4-14(22)10-15/h2,4-5,7-8,10-11H,3,6,9,12-13H2,1H3,(H,23,26)(H,24,27). The molecule has 1 saturated heterocycles. The molecule has 2 aromatic rings. The first-order valence-electron chi connectivity index (χ1n) is 9.37. The molecule has 1 fully saturated rings. The van der Waals surface area contributed by atoms with E-state index in [0.29, 0.717) is 35.8 Å². The van der Waals surface area contributed by atoms with Gasteiger partial charge in [0.2, 0.25) is 17.7 Å². The van der Waals surface area contributed by atoms with Gasteiger partial charge in [-0.2, -0.15) is 0 Å². The number of nitrogens with one attached hydrogen (secondary N) is 2. The number of carbonyl (C=O) groups is 3. The lowest BCUT2D eigenvalue weighted by Gasteiger charge is -2.19. The van der Waals surface area contributed by atoms with Gasteiger partial charge in [0, 0.05) is 34.9 Å². The quantitative estimate of drug-likeness (QED) is 0.584. The molecule has 0 bridgehead atoms. The zero-order valence-electron chi connectivity index (χ0n) is 16.4. The van der Waals surface area contributed by atoms with Gasteiger partial charge in [0.15, 0.2) is 0 Å². The fourth-order valence-corrected chi connectivity index (χ4v) is 4.09. The summed E-state index contributed by atoms with van der Waals surface area (Å²) in [6.07, 6.45) is 1.36. The van der Waals surface area contributed by atoms with Gasteiger partial charge in [-0.05, 0) is 36.8 Å². The number of benzene rings is 2. The van der Waals surface area contributed by atoms with E-state index in [4.69, 9.17) is 4.74 Å². The minimum absolute atomic E-state index is 0.0719. The van der Waals surface area contributed by atoms with Crippen LogP contribution in [0.1, 0.15) is 12.8 Å². The molecule has 3 rings (SSSR count). The number of thioether (sulfide) groups is 1. The van der Waals surface area contributed by atoms with Crippen LogP contribution in [0.15, 0.2) is 46.9 Å². The van der Waals surface area contributed by atoms with Gasteiger partial charge in [0.1, 0.15) is 5.75 Å². The van der Waals surface area contributed by atoms with Crippen molar-refractivity contribution in [3.63, 3.8) is 0 Å². The average molecular weight is 492 g/mol. The van der Waals surface area contributed by atoms with Crippen LogP contribution in [0.25, 0.3) is 0 Å². The van der Waals surface area contributed by atoms with Crippen LogP contribution in [-0.4, -0.2) is 42.9 Å². The summed E-state index contributed by atoms with van der Waals surface area (Å²) in [6.45, 7) is 0.666. The van der Waals surface area contributed by atoms with E-state index in [-0.39, 0.29) is 29.2 Å². The molecule has 0 aromatic heterocycles. The molecule has 0 radical (unpaired) electrons. The van der Waals surface area contributed by atoms with Crippen LogP contribution in [0.5, 0.6) is 5.75 Å². The van der Waals surface area contributed by atoms with E-state index in [1.165, 1.54) is 18.9 Å². The summed E-state index contributed by atoms with van der Waals surface area (Å²) < 4.78 is 6.28. The van der Waals surface area contributed by atoms with Crippen LogP contribution >= 0.6 is 27.7 Å². The summed E-state index contributed by atoms with van der Waals surface area (Å²) in [6, 6.07) is 12.5. The number of rotatable bonds is 8. The molecule has 0 saturated carbocycles. The predicted molar refractivity (Wildman–Crippen MR) is 123 cm³/mol. The van der Waals surface area contributed by atoms with Crippen molar-refractivity contribution in [2.75, 3.05) is 40.7 Å². The highest BCUT2D eigenvalue weighted by atomic mass is 79.9. The van der Waals surface area contributed by atoms with E-state index in [0.717, 1.165) is 10.9 Å². The molecule has 2 aromatic carbocycles. The van der Waals surface area contributed by atoms with Crippen molar-refractivity contribution in [1.82, 2.24) is 0 Å². The molecular formula is C21H22BrN3O4S. The second kappa shape index (κ2) is 10.5. The third-order valence-corrected chi connectivity index (χ3v) is 5.83. The Morgan fingerprint density at radius 2 is 1.80 bits per heavy atom. The second-order valence-corrected chi connectivity index (χ2v) is 8.54. The SMILES string of the molecule is COc1cc(NC(=O)CSCC(=O)Nc2cccc(Br)c2)ccc1N1CCCC1=O. The highest BCUT2D eigenvalue weighted by Gasteiger charge is 2.24. The van der Waals surface area contributed by atoms with Crippen molar-refractivity contribution in [3.8, 4) is 5.75 Å². The summed E-state index contributed by atoms with van der Waals surface area (Å²) in [5, 5.41) is 5.58. The van der Waals surface area contributed by atoms with Crippen LogP contribution in [0.4, 0.5) is 17.1 Å². The molecule has 0 atom stereocenters. The largest absolute Gasteiger partial charge is 0.494 e. The summed E-state index contributed by atoms with van der Waals surface area (Å²) in [4.78, 5) is 37.9. The average Bonchev–Trinajstić information content (AvgIpc) is 3.13. The van der Waals surface area contributed by atoms with E-state index < -0.39 is 0 Å². The molecule has 30 heavy (non-hydrogen) atoms. The van der Waals surface area contributed by atoms with Gasteiger partial charge in [-0.15, -0.1) is 11.8 Å². The van der Waals surface area contributed by atoms with Crippen molar-refractivity contribution in [3.05, 3.63) is 46.9 Å². The van der Waals surface area contributed by atoms with E-state index in [2.05, 4.69) is 26.6 Å². The van der Waals surface area contributed by atoms with Crippen molar-refractivity contribution < 1.29 is 19.1 Å². The summed E-state index contributed by atoms with van der Waals surface area (Å²) in [7, 11) is 1.53. The number of hydrogen-bond acceptors (Lipinski definition) is 5. The lowest BCUT2D eigenvalue weighted by atomic mass is 10.2. The molecule has 158 valence electrons. The van der Waals surface area contributed by atoms with Gasteiger partial charge in [0.25, 0.3) is 0 Å². The minimum atomic E-state index is -0.220. The lowest BCUT2D eigenvalue weighted by molar-refractivity contribution is -0.117. The number of anilines is 3. The zero-order valence-corrected chi connectivity index (χ0v) is 18.8. The van der Waals surface area contributed by atoms with Crippen molar-refractivity contribution in [2.24, 2.45) is 0 Å². The van der Waals surface area contributed by atoms with Gasteiger partial charge >= 0.3 is 0 Å². The molecule has 0 unspecified atom stereocenters. The summed E-state index contributed by atoms with van der Waals surface area (Å²) in [5.41, 5.74) is 1.98. The third-order valence-electron chi connectivity index (χ3n) is 4.40. The minimum Gasteiger partial charge on any atom is -0.494 e. The summed E-state index contributed by atoms with van der Waals surface area (Å²) >= 11 is 4.58. The molecular weight excluding hydrogens is 470 g/mol. The Hall–Kier alpha value is -2.52. The van der Waals surface area contributed by atoms with Gasteiger partial charge in [0.05, 0.1) is 24.3 Å². The zero-order chi connectivity index (χ0) is 21.5. The number of ether oxygens (including phenoxy) is 1. The van der Waals surface area contributed by atoms with Crippen molar-refractivity contribution >= 4 is 62.5 Å². The molecule has 9 heteroatoms. The normalized spacial score (nSPS) is 13.3. The van der Waals surface area contributed by atoms with E-state index >= 15 is 0 Å². The van der Waals surface area contributed by atoms with Crippen LogP contribution < -0.4 is 20.3 Å². The monoisotopic (exact) mass is 491 g/mol. The van der Waals surface area contributed by atoms with Crippen LogP contribution in [-0.2, 0) is 14.4 Å². The highest BCUT2D eigenvalue weighted by molar-refractivity contribution is 9.10. The Morgan fingerprint density at radius 1 is 1.10 bits per heavy atom. The van der Waals surface area contributed by atoms with Crippen molar-refractivity contribution in [2.45, 2.75) is 12.8 Å². The maximum Gasteiger partial charge on any atom is 0.234 e. The number of methoxy groups -OCH3 is 1. The fourth-order valence-electron chi connectivity index (χ4n) is 3.08. The maximum atomic E-state index is 12.2. The van der Waals surface area contributed by atoms with Crippen LogP contribution in [0, 0.1) is 0 Å². The fraction of sp³-hybridized carbons (Fsp3) is 0.286. The molecule has 2 N–H and O–H groups in total. The first kappa shape index (κ1) is 22.2. The Balaban J connectivity index is 1.48. The maximum absolute atomic E-state index is 12.2. The molecule has 7 nitrogen and oxygen atoms in total. The molecule has 0 aliphatic carbocycles. The number of carbonyl (C=O) groups excluding carboxylic acids is 3. The third kappa shape index (κ3) is 5.99. The molecule has 1 heterocycles. The smallest absolute Gasteiger partial charge is 0.234 e. The Labute approximate surface area is 187 Å². The van der Waals surface area contributed by atoms with Crippen LogP contribution in [0.3, 0.4) is 0 Å². The highest BCUT2D eigenvalue weighted by Crippen LogP contribution is 2.33. The van der Waals surface area contributed by atoms with E-state index in [9.17, 15) is 14.4 Å². The Kier molecular flexibility index (Phi) is 7.75. The van der Waals surface area contributed by atoms with Gasteiger partial charge in [-0.25, -0.2) is 0 Å². The second-order valence-electron chi connectivity index (χ2n) is 6.64. The first-order chi connectivity index (χ1) is 14.5. The van der Waals surface area contributed by atoms with E-state index in [1.54, 1.807) is 29.2 Å². The number of hydrogen-bond donors (Lipinski definition) is 2. The molecule has 3 amide bonds. The van der Waals surface area contributed by atoms with E-state index in [1.807, 2.05) is 18.2 Å². The van der Waals surface area contributed by atoms with Gasteiger partial charge in [-0.3, -0.25) is 14.4 Å². The molecule has 0 spiro atoms. The van der Waals surface area contributed by atoms with Crippen molar-refractivity contribution in [1.29, 1.82) is 0 Å². The first-order valence-corrected chi connectivity index (χ1v) is 11.3.